The van der Waals surface area contributed by atoms with Crippen molar-refractivity contribution in [2.45, 2.75) is 32.1 Å². The van der Waals surface area contributed by atoms with Crippen molar-refractivity contribution in [1.29, 1.82) is 0 Å². The van der Waals surface area contributed by atoms with Gasteiger partial charge in [0, 0.05) is 31.7 Å². The Balaban J connectivity index is 1.95. The lowest BCUT2D eigenvalue weighted by molar-refractivity contribution is 0.559. The van der Waals surface area contributed by atoms with Gasteiger partial charge in [-0.25, -0.2) is 8.42 Å². The van der Waals surface area contributed by atoms with Crippen molar-refractivity contribution in [3.63, 3.8) is 0 Å². The number of benzene rings is 1. The highest BCUT2D eigenvalue weighted by Crippen LogP contribution is 2.16. The molecule has 136 valence electrons. The zero-order chi connectivity index (χ0) is 18.5. The van der Waals surface area contributed by atoms with Crippen LogP contribution in [0.25, 0.3) is 10.9 Å². The molecule has 2 rings (SSSR count). The van der Waals surface area contributed by atoms with Gasteiger partial charge in [0.2, 0.25) is 0 Å². The Hall–Kier alpha value is -2.15. The molecular weight excluding hydrogens is 336 g/mol. The van der Waals surface area contributed by atoms with Gasteiger partial charge in [0.05, 0.1) is 16.0 Å². The van der Waals surface area contributed by atoms with E-state index in [4.69, 9.17) is 0 Å². The Morgan fingerprint density at radius 3 is 2.56 bits per heavy atom. The molecule has 0 atom stereocenters. The van der Waals surface area contributed by atoms with Gasteiger partial charge in [-0.2, -0.15) is 0 Å². The average Bonchev–Trinajstić information content (AvgIpc) is 2.56. The summed E-state index contributed by atoms with van der Waals surface area (Å²) in [6, 6.07) is 9.92. The zero-order valence-corrected chi connectivity index (χ0v) is 16.0. The van der Waals surface area contributed by atoms with E-state index in [9.17, 15) is 8.42 Å². The molecule has 0 unspecified atom stereocenters. The fourth-order valence-electron chi connectivity index (χ4n) is 2.32. The third-order valence-corrected chi connectivity index (χ3v) is 6.61. The largest absolute Gasteiger partial charge is 0.355 e. The van der Waals surface area contributed by atoms with Crippen molar-refractivity contribution >= 4 is 26.7 Å². The molecule has 0 spiro atoms. The van der Waals surface area contributed by atoms with Crippen LogP contribution < -0.4 is 10.6 Å². The Bertz CT molecular complexity index is 850. The van der Waals surface area contributed by atoms with E-state index in [0.29, 0.717) is 19.0 Å². The summed E-state index contributed by atoms with van der Waals surface area (Å²) in [5.41, 5.74) is 2.05. The van der Waals surface area contributed by atoms with Crippen LogP contribution in [0, 0.1) is 0 Å². The predicted molar refractivity (Wildman–Crippen MR) is 103 cm³/mol. The van der Waals surface area contributed by atoms with Gasteiger partial charge in [-0.3, -0.25) is 9.98 Å². The van der Waals surface area contributed by atoms with Crippen LogP contribution in [0.5, 0.6) is 0 Å². The van der Waals surface area contributed by atoms with Gasteiger partial charge >= 0.3 is 0 Å². The quantitative estimate of drug-likeness (QED) is 0.629. The normalized spacial score (nSPS) is 13.0. The molecule has 0 fully saturated rings. The van der Waals surface area contributed by atoms with E-state index in [2.05, 4.69) is 20.6 Å². The molecule has 6 nitrogen and oxygen atoms in total. The monoisotopic (exact) mass is 362 g/mol. The van der Waals surface area contributed by atoms with Gasteiger partial charge < -0.3 is 10.6 Å². The molecule has 0 radical (unpaired) electrons. The van der Waals surface area contributed by atoms with Crippen LogP contribution in [-0.4, -0.2) is 43.5 Å². The van der Waals surface area contributed by atoms with Gasteiger partial charge in [0.15, 0.2) is 15.8 Å². The van der Waals surface area contributed by atoms with Crippen molar-refractivity contribution in [1.82, 2.24) is 15.6 Å². The molecule has 0 amide bonds. The van der Waals surface area contributed by atoms with E-state index in [0.717, 1.165) is 16.5 Å². The van der Waals surface area contributed by atoms with E-state index in [1.54, 1.807) is 34.0 Å². The second-order valence-corrected chi connectivity index (χ2v) is 9.63. The molecule has 1 aromatic carbocycles. The second-order valence-electron chi connectivity index (χ2n) is 6.77. The number of aromatic nitrogens is 1. The highest BCUT2D eigenvalue weighted by atomic mass is 32.2. The first-order valence-electron chi connectivity index (χ1n) is 8.24. The van der Waals surface area contributed by atoms with Crippen molar-refractivity contribution in [3.8, 4) is 0 Å². The summed E-state index contributed by atoms with van der Waals surface area (Å²) in [6.07, 6.45) is 1.78. The standard InChI is InChI=1S/C18H26N4O2S/c1-18(2,3)25(23,24)12-11-21-17(19-4)22-13-14-9-10-20-16-8-6-5-7-15(14)16/h5-10H,11-13H2,1-4H3,(H2,19,21,22). The molecule has 0 saturated heterocycles. The minimum absolute atomic E-state index is 0.0649. The third-order valence-electron chi connectivity index (χ3n) is 4.01. The number of fused-ring (bicyclic) bond motifs is 1. The van der Waals surface area contributed by atoms with Crippen molar-refractivity contribution in [2.75, 3.05) is 19.3 Å². The second kappa shape index (κ2) is 7.82. The van der Waals surface area contributed by atoms with Gasteiger partial charge in [-0.15, -0.1) is 0 Å². The van der Waals surface area contributed by atoms with Crippen LogP contribution in [-0.2, 0) is 16.4 Å². The number of pyridine rings is 1. The summed E-state index contributed by atoms with van der Waals surface area (Å²) in [4.78, 5) is 8.50. The van der Waals surface area contributed by atoms with Crippen molar-refractivity contribution < 1.29 is 8.42 Å². The predicted octanol–water partition coefficient (Wildman–Crippen LogP) is 2.11. The summed E-state index contributed by atoms with van der Waals surface area (Å²) >= 11 is 0. The minimum atomic E-state index is -3.15. The summed E-state index contributed by atoms with van der Waals surface area (Å²) in [7, 11) is -1.49. The number of aliphatic imine (C=N–C) groups is 1. The SMILES string of the molecule is CN=C(NCCS(=O)(=O)C(C)(C)C)NCc1ccnc2ccccc12. The minimum Gasteiger partial charge on any atom is -0.355 e. The Labute approximate surface area is 149 Å². The lowest BCUT2D eigenvalue weighted by atomic mass is 10.1. The summed E-state index contributed by atoms with van der Waals surface area (Å²) in [5.74, 6) is 0.639. The highest BCUT2D eigenvalue weighted by Gasteiger charge is 2.28. The maximum atomic E-state index is 12.1. The molecule has 0 saturated carbocycles. The van der Waals surface area contributed by atoms with E-state index in [1.807, 2.05) is 30.3 Å². The molecule has 0 aliphatic carbocycles. The fourth-order valence-corrected chi connectivity index (χ4v) is 3.30. The molecule has 0 bridgehead atoms. The lowest BCUT2D eigenvalue weighted by Crippen LogP contribution is -2.41. The van der Waals surface area contributed by atoms with E-state index in [-0.39, 0.29) is 5.75 Å². The molecule has 25 heavy (non-hydrogen) atoms. The van der Waals surface area contributed by atoms with Gasteiger partial charge in [-0.1, -0.05) is 18.2 Å². The highest BCUT2D eigenvalue weighted by molar-refractivity contribution is 7.92. The molecule has 1 aromatic heterocycles. The topological polar surface area (TPSA) is 83.5 Å². The van der Waals surface area contributed by atoms with Crippen LogP contribution >= 0.6 is 0 Å². The molecule has 0 aliphatic heterocycles. The molecule has 2 aromatic rings. The maximum Gasteiger partial charge on any atom is 0.191 e. The molecular formula is C18H26N4O2S. The maximum absolute atomic E-state index is 12.1. The number of para-hydroxylation sites is 1. The van der Waals surface area contributed by atoms with Crippen LogP contribution in [0.2, 0.25) is 0 Å². The van der Waals surface area contributed by atoms with E-state index >= 15 is 0 Å². The molecule has 7 heteroatoms. The number of guanidine groups is 1. The van der Waals surface area contributed by atoms with Crippen LogP contribution in [0.1, 0.15) is 26.3 Å². The van der Waals surface area contributed by atoms with Gasteiger partial charge in [0.1, 0.15) is 0 Å². The number of nitrogens with one attached hydrogen (secondary N) is 2. The van der Waals surface area contributed by atoms with Crippen LogP contribution in [0.4, 0.5) is 0 Å². The third kappa shape index (κ3) is 4.92. The van der Waals surface area contributed by atoms with Crippen molar-refractivity contribution in [3.05, 3.63) is 42.1 Å². The summed E-state index contributed by atoms with van der Waals surface area (Å²) in [5, 5.41) is 7.37. The Morgan fingerprint density at radius 1 is 1.16 bits per heavy atom. The first kappa shape index (κ1) is 19.2. The number of hydrogen-bond donors (Lipinski definition) is 2. The number of nitrogens with zero attached hydrogens (tertiary/aromatic N) is 2. The number of sulfone groups is 1. The Morgan fingerprint density at radius 2 is 1.88 bits per heavy atom. The molecule has 1 heterocycles. The average molecular weight is 362 g/mol. The Kier molecular flexibility index (Phi) is 6.00. The fraction of sp³-hybridized carbons (Fsp3) is 0.444. The summed E-state index contributed by atoms with van der Waals surface area (Å²) in [6.45, 7) is 6.03. The zero-order valence-electron chi connectivity index (χ0n) is 15.2. The number of rotatable bonds is 5. The number of hydrogen-bond acceptors (Lipinski definition) is 4. The molecule has 2 N–H and O–H groups in total. The summed E-state index contributed by atoms with van der Waals surface area (Å²) < 4.78 is 23.5. The van der Waals surface area contributed by atoms with Crippen molar-refractivity contribution in [2.24, 2.45) is 4.99 Å². The van der Waals surface area contributed by atoms with Crippen LogP contribution in [0.3, 0.4) is 0 Å². The molecule has 0 aliphatic rings. The van der Waals surface area contributed by atoms with E-state index < -0.39 is 14.6 Å². The van der Waals surface area contributed by atoms with Gasteiger partial charge in [-0.05, 0) is 38.5 Å². The first-order valence-corrected chi connectivity index (χ1v) is 9.89. The smallest absolute Gasteiger partial charge is 0.191 e. The van der Waals surface area contributed by atoms with Gasteiger partial charge in [0.25, 0.3) is 0 Å². The van der Waals surface area contributed by atoms with Crippen LogP contribution in [0.15, 0.2) is 41.5 Å². The van der Waals surface area contributed by atoms with E-state index in [1.165, 1.54) is 0 Å². The lowest BCUT2D eigenvalue weighted by Gasteiger charge is -2.20. The first-order chi connectivity index (χ1) is 11.7.